The van der Waals surface area contributed by atoms with E-state index in [2.05, 4.69) is 0 Å². The first-order valence-corrected chi connectivity index (χ1v) is 14.1. The minimum absolute atomic E-state index is 0.0500. The van der Waals surface area contributed by atoms with Gasteiger partial charge in [0.2, 0.25) is 0 Å². The lowest BCUT2D eigenvalue weighted by Gasteiger charge is -2.56. The number of aromatic hydroxyl groups is 1. The Morgan fingerprint density at radius 1 is 1.10 bits per heavy atom. The van der Waals surface area contributed by atoms with E-state index in [0.717, 1.165) is 5.57 Å². The molecular weight excluding hydrogens is 524 g/mol. The fraction of sp³-hybridized carbons (Fsp3) is 0.485. The largest absolute Gasteiger partial charge is 0.506 e. The number of hydrogen-bond donors (Lipinski definition) is 1. The maximum Gasteiger partial charge on any atom is 0.298 e. The van der Waals surface area contributed by atoms with Crippen LogP contribution in [0.25, 0.3) is 6.08 Å². The van der Waals surface area contributed by atoms with E-state index in [1.807, 2.05) is 53.7 Å². The van der Waals surface area contributed by atoms with Gasteiger partial charge >= 0.3 is 0 Å². The molecule has 4 bridgehead atoms. The number of phenols is 1. The number of ketones is 2. The SMILES string of the molecule is CC(C)=CCc1c2c(c(O)c3c1O[C@]14C(=CC5CC1C(C)(C)OC4(CC=C(C)OC=O)C5=O)C3=O)C=CC(C)(C)O2. The molecule has 1 aromatic carbocycles. The first-order valence-electron chi connectivity index (χ1n) is 14.1. The molecule has 1 saturated carbocycles. The highest BCUT2D eigenvalue weighted by Crippen LogP contribution is 2.68. The van der Waals surface area contributed by atoms with Crippen molar-refractivity contribution in [2.45, 2.75) is 90.1 Å². The summed E-state index contributed by atoms with van der Waals surface area (Å²) in [6.07, 6.45) is 9.94. The molecule has 0 amide bonds. The number of hydrogen-bond acceptors (Lipinski definition) is 8. The van der Waals surface area contributed by atoms with Crippen LogP contribution in [0.5, 0.6) is 17.2 Å². The van der Waals surface area contributed by atoms with Gasteiger partial charge in [0, 0.05) is 29.4 Å². The first-order chi connectivity index (χ1) is 19.2. The van der Waals surface area contributed by atoms with Gasteiger partial charge in [-0.2, -0.15) is 0 Å². The third-order valence-electron chi connectivity index (χ3n) is 9.25. The standard InChI is InChI=1S/C33H36O8/c1-17(2)8-9-21-27-20(11-12-30(4,5)39-27)25(35)24-26(36)22-14-19-15-23-31(6,7)41-32(29(19)37,13-10-18(3)38-16-34)33(22,23)40-28(21)24/h8,10-12,14,16,19,23,35H,9,13,15H2,1-7H3/t19?,23?,32?,33-/m1/s1. The fourth-order valence-electron chi connectivity index (χ4n) is 7.47. The summed E-state index contributed by atoms with van der Waals surface area (Å²) in [5, 5.41) is 11.6. The predicted molar refractivity (Wildman–Crippen MR) is 151 cm³/mol. The molecule has 3 unspecified atom stereocenters. The summed E-state index contributed by atoms with van der Waals surface area (Å²) in [5.41, 5.74) is -1.89. The third-order valence-corrected chi connectivity index (χ3v) is 9.25. The molecule has 1 aromatic rings. The zero-order valence-corrected chi connectivity index (χ0v) is 24.5. The van der Waals surface area contributed by atoms with Crippen molar-refractivity contribution >= 4 is 24.1 Å². The number of ether oxygens (including phenoxy) is 4. The number of allylic oxidation sites excluding steroid dienone is 4. The highest BCUT2D eigenvalue weighted by molar-refractivity contribution is 6.19. The van der Waals surface area contributed by atoms with Crippen molar-refractivity contribution in [3.8, 4) is 17.2 Å². The summed E-state index contributed by atoms with van der Waals surface area (Å²) in [5.74, 6) is -0.617. The van der Waals surface area contributed by atoms with Crippen molar-refractivity contribution in [3.05, 3.63) is 57.9 Å². The van der Waals surface area contributed by atoms with Gasteiger partial charge in [-0.3, -0.25) is 14.4 Å². The molecule has 3 aliphatic carbocycles. The monoisotopic (exact) mass is 560 g/mol. The summed E-state index contributed by atoms with van der Waals surface area (Å²) in [4.78, 5) is 39.7. The van der Waals surface area contributed by atoms with Gasteiger partial charge in [-0.1, -0.05) is 17.7 Å². The molecule has 3 heterocycles. The molecule has 1 spiro atoms. The molecule has 216 valence electrons. The van der Waals surface area contributed by atoms with E-state index in [1.165, 1.54) is 0 Å². The van der Waals surface area contributed by atoms with E-state index in [0.29, 0.717) is 47.5 Å². The number of carbonyl (C=O) groups excluding carboxylic acids is 3. The molecule has 7 rings (SSSR count). The molecule has 8 heteroatoms. The summed E-state index contributed by atoms with van der Waals surface area (Å²) < 4.78 is 25.2. The van der Waals surface area contributed by atoms with Crippen LogP contribution in [0.2, 0.25) is 0 Å². The molecule has 41 heavy (non-hydrogen) atoms. The van der Waals surface area contributed by atoms with Crippen LogP contribution in [0.15, 0.2) is 41.2 Å². The molecule has 0 aromatic heterocycles. The van der Waals surface area contributed by atoms with Gasteiger partial charge in [0.05, 0.1) is 11.2 Å². The highest BCUT2D eigenvalue weighted by Gasteiger charge is 2.81. The molecule has 8 nitrogen and oxygen atoms in total. The second-order valence-electron chi connectivity index (χ2n) is 13.1. The fourth-order valence-corrected chi connectivity index (χ4v) is 7.47. The number of benzene rings is 1. The zero-order chi connectivity index (χ0) is 29.7. The Kier molecular flexibility index (Phi) is 5.82. The van der Waals surface area contributed by atoms with Crippen molar-refractivity contribution in [1.82, 2.24) is 0 Å². The summed E-state index contributed by atoms with van der Waals surface area (Å²) in [7, 11) is 0. The van der Waals surface area contributed by atoms with E-state index in [9.17, 15) is 19.5 Å². The molecule has 3 aliphatic heterocycles. The van der Waals surface area contributed by atoms with Crippen LogP contribution in [-0.2, 0) is 25.5 Å². The number of phenolic OH excluding ortho intramolecular Hbond substituents is 1. The van der Waals surface area contributed by atoms with Crippen LogP contribution in [-0.4, -0.2) is 45.5 Å². The van der Waals surface area contributed by atoms with E-state index in [-0.39, 0.29) is 41.0 Å². The first kappa shape index (κ1) is 27.5. The van der Waals surface area contributed by atoms with E-state index in [4.69, 9.17) is 18.9 Å². The van der Waals surface area contributed by atoms with Crippen molar-refractivity contribution in [2.24, 2.45) is 11.8 Å². The van der Waals surface area contributed by atoms with Gasteiger partial charge in [-0.15, -0.1) is 0 Å². The molecule has 0 radical (unpaired) electrons. The van der Waals surface area contributed by atoms with Crippen LogP contribution >= 0.6 is 0 Å². The Morgan fingerprint density at radius 2 is 1.83 bits per heavy atom. The van der Waals surface area contributed by atoms with Gasteiger partial charge in [0.1, 0.15) is 34.2 Å². The van der Waals surface area contributed by atoms with E-state index < -0.39 is 28.3 Å². The second-order valence-corrected chi connectivity index (χ2v) is 13.1. The van der Waals surface area contributed by atoms with E-state index in [1.54, 1.807) is 25.2 Å². The maximum absolute atomic E-state index is 14.5. The molecule has 1 N–H and O–H groups in total. The normalized spacial score (nSPS) is 31.3. The third kappa shape index (κ3) is 3.59. The zero-order valence-electron chi connectivity index (χ0n) is 24.5. The Bertz CT molecular complexity index is 1530. The quantitative estimate of drug-likeness (QED) is 0.274. The van der Waals surface area contributed by atoms with Gasteiger partial charge in [0.15, 0.2) is 22.8 Å². The highest BCUT2D eigenvalue weighted by atomic mass is 16.6. The van der Waals surface area contributed by atoms with Gasteiger partial charge in [-0.25, -0.2) is 0 Å². The van der Waals surface area contributed by atoms with Crippen LogP contribution in [0.4, 0.5) is 0 Å². The van der Waals surface area contributed by atoms with Crippen LogP contribution < -0.4 is 9.47 Å². The number of Topliss-reactive ketones (excluding diaryl/α,β-unsaturated/α-hetero) is 2. The molecule has 4 atom stereocenters. The summed E-state index contributed by atoms with van der Waals surface area (Å²) >= 11 is 0. The second kappa shape index (κ2) is 8.68. The lowest BCUT2D eigenvalue weighted by atomic mass is 9.51. The Balaban J connectivity index is 1.64. The maximum atomic E-state index is 14.5. The summed E-state index contributed by atoms with van der Waals surface area (Å²) in [6.45, 7) is 13.6. The smallest absolute Gasteiger partial charge is 0.298 e. The lowest BCUT2D eigenvalue weighted by molar-refractivity contribution is -0.171. The van der Waals surface area contributed by atoms with Gasteiger partial charge in [-0.05, 0) is 79.5 Å². The van der Waals surface area contributed by atoms with E-state index >= 15 is 0 Å². The molecule has 2 fully saturated rings. The minimum Gasteiger partial charge on any atom is -0.506 e. The average Bonchev–Trinajstić information content (AvgIpc) is 3.04. The summed E-state index contributed by atoms with van der Waals surface area (Å²) in [6, 6.07) is 0. The van der Waals surface area contributed by atoms with Crippen molar-refractivity contribution in [1.29, 1.82) is 0 Å². The van der Waals surface area contributed by atoms with Crippen LogP contribution in [0.1, 0.15) is 82.8 Å². The Hall–Kier alpha value is -3.65. The van der Waals surface area contributed by atoms with Crippen molar-refractivity contribution in [2.75, 3.05) is 0 Å². The number of rotatable bonds is 6. The predicted octanol–water partition coefficient (Wildman–Crippen LogP) is 5.56. The Morgan fingerprint density at radius 3 is 2.51 bits per heavy atom. The average molecular weight is 561 g/mol. The molecule has 6 aliphatic rings. The van der Waals surface area contributed by atoms with Crippen molar-refractivity contribution in [3.63, 3.8) is 0 Å². The Labute approximate surface area is 239 Å². The lowest BCUT2D eigenvalue weighted by Crippen LogP contribution is -2.72. The van der Waals surface area contributed by atoms with Crippen LogP contribution in [0, 0.1) is 11.8 Å². The molecule has 1 saturated heterocycles. The van der Waals surface area contributed by atoms with Crippen molar-refractivity contribution < 1.29 is 38.4 Å². The minimum atomic E-state index is -1.53. The van der Waals surface area contributed by atoms with Gasteiger partial charge < -0.3 is 24.1 Å². The van der Waals surface area contributed by atoms with Crippen LogP contribution in [0.3, 0.4) is 0 Å². The topological polar surface area (TPSA) is 108 Å². The molecular formula is C33H36O8. The number of carbonyl (C=O) groups is 3. The number of fused-ring (bicyclic) bond motifs is 2. The van der Waals surface area contributed by atoms with Gasteiger partial charge in [0.25, 0.3) is 6.47 Å².